The topological polar surface area (TPSA) is 9.23 Å². The Morgan fingerprint density at radius 1 is 1.25 bits per heavy atom. The van der Waals surface area contributed by atoms with Crippen molar-refractivity contribution in [3.05, 3.63) is 35.9 Å². The molecule has 2 rings (SSSR count). The van der Waals surface area contributed by atoms with Crippen LogP contribution in [0.4, 0.5) is 0 Å². The largest absolute Gasteiger partial charge is 0.378 e. The van der Waals surface area contributed by atoms with Gasteiger partial charge in [0, 0.05) is 13.0 Å². The highest BCUT2D eigenvalue weighted by atomic mass is 16.5. The van der Waals surface area contributed by atoms with Gasteiger partial charge in [0.05, 0.1) is 5.60 Å². The molecule has 0 aliphatic heterocycles. The van der Waals surface area contributed by atoms with Crippen LogP contribution in [0.3, 0.4) is 0 Å². The van der Waals surface area contributed by atoms with Crippen LogP contribution < -0.4 is 0 Å². The lowest BCUT2D eigenvalue weighted by molar-refractivity contribution is 0.0648. The number of methoxy groups -OCH3 is 1. The van der Waals surface area contributed by atoms with Gasteiger partial charge in [0.15, 0.2) is 0 Å². The van der Waals surface area contributed by atoms with E-state index in [0.29, 0.717) is 5.92 Å². The predicted molar refractivity (Wildman–Crippen MR) is 67.7 cm³/mol. The smallest absolute Gasteiger partial charge is 0.0754 e. The molecule has 0 saturated heterocycles. The van der Waals surface area contributed by atoms with E-state index in [1.54, 1.807) is 0 Å². The van der Waals surface area contributed by atoms with Crippen LogP contribution in [0.25, 0.3) is 0 Å². The second-order valence-electron chi connectivity index (χ2n) is 4.89. The summed E-state index contributed by atoms with van der Waals surface area (Å²) < 4.78 is 5.76. The molecule has 1 fully saturated rings. The van der Waals surface area contributed by atoms with Crippen molar-refractivity contribution in [2.24, 2.45) is 0 Å². The van der Waals surface area contributed by atoms with Crippen LogP contribution in [0.5, 0.6) is 0 Å². The number of unbranched alkanes of at least 4 members (excludes halogenated alkanes) is 2. The third-order valence-electron chi connectivity index (χ3n) is 3.84. The Morgan fingerprint density at radius 2 is 2.00 bits per heavy atom. The molecular weight excluding hydrogens is 196 g/mol. The first-order valence-corrected chi connectivity index (χ1v) is 6.42. The van der Waals surface area contributed by atoms with Gasteiger partial charge >= 0.3 is 0 Å². The summed E-state index contributed by atoms with van der Waals surface area (Å²) in [7, 11) is 1.87. The Labute approximate surface area is 98.8 Å². The Balaban J connectivity index is 1.95. The van der Waals surface area contributed by atoms with Gasteiger partial charge in [-0.05, 0) is 18.4 Å². The van der Waals surface area contributed by atoms with Crippen molar-refractivity contribution in [3.8, 4) is 0 Å². The lowest BCUT2D eigenvalue weighted by Crippen LogP contribution is -2.14. The SMILES string of the molecule is CCCCC[C@]1(OC)C[C@@H]1c1ccccc1. The molecule has 0 unspecified atom stereocenters. The van der Waals surface area contributed by atoms with Crippen LogP contribution in [0, 0.1) is 0 Å². The van der Waals surface area contributed by atoms with Crippen LogP contribution >= 0.6 is 0 Å². The molecule has 1 aromatic rings. The molecule has 1 heteroatoms. The average molecular weight is 218 g/mol. The zero-order valence-electron chi connectivity index (χ0n) is 10.4. The van der Waals surface area contributed by atoms with Gasteiger partial charge in [0.2, 0.25) is 0 Å². The van der Waals surface area contributed by atoms with Gasteiger partial charge in [-0.3, -0.25) is 0 Å². The van der Waals surface area contributed by atoms with Crippen LogP contribution in [-0.4, -0.2) is 12.7 Å². The van der Waals surface area contributed by atoms with E-state index >= 15 is 0 Å². The maximum absolute atomic E-state index is 5.76. The maximum Gasteiger partial charge on any atom is 0.0754 e. The molecule has 1 aliphatic rings. The number of hydrogen-bond acceptors (Lipinski definition) is 1. The van der Waals surface area contributed by atoms with Crippen molar-refractivity contribution in [1.82, 2.24) is 0 Å². The summed E-state index contributed by atoms with van der Waals surface area (Å²) >= 11 is 0. The van der Waals surface area contributed by atoms with Gasteiger partial charge in [-0.1, -0.05) is 56.5 Å². The van der Waals surface area contributed by atoms with E-state index in [2.05, 4.69) is 37.3 Å². The van der Waals surface area contributed by atoms with E-state index in [4.69, 9.17) is 4.74 Å². The first-order chi connectivity index (χ1) is 7.82. The monoisotopic (exact) mass is 218 g/mol. The molecule has 1 nitrogen and oxygen atoms in total. The van der Waals surface area contributed by atoms with Gasteiger partial charge in [0.1, 0.15) is 0 Å². The Hall–Kier alpha value is -0.820. The lowest BCUT2D eigenvalue weighted by atomic mass is 10.0. The van der Waals surface area contributed by atoms with E-state index in [9.17, 15) is 0 Å². The zero-order valence-corrected chi connectivity index (χ0v) is 10.4. The molecule has 0 N–H and O–H groups in total. The summed E-state index contributed by atoms with van der Waals surface area (Å²) in [5, 5.41) is 0. The van der Waals surface area contributed by atoms with Crippen molar-refractivity contribution in [3.63, 3.8) is 0 Å². The van der Waals surface area contributed by atoms with E-state index in [0.717, 1.165) is 0 Å². The first-order valence-electron chi connectivity index (χ1n) is 6.42. The molecule has 2 atom stereocenters. The molecule has 88 valence electrons. The Bertz CT molecular complexity index is 319. The second-order valence-corrected chi connectivity index (χ2v) is 4.89. The Kier molecular flexibility index (Phi) is 3.65. The fourth-order valence-corrected chi connectivity index (χ4v) is 2.67. The van der Waals surface area contributed by atoms with Gasteiger partial charge < -0.3 is 4.74 Å². The van der Waals surface area contributed by atoms with Crippen LogP contribution in [-0.2, 0) is 4.74 Å². The molecule has 1 saturated carbocycles. The van der Waals surface area contributed by atoms with E-state index in [1.165, 1.54) is 37.7 Å². The molecule has 0 amide bonds. The van der Waals surface area contributed by atoms with Crippen LogP contribution in [0.15, 0.2) is 30.3 Å². The highest BCUT2D eigenvalue weighted by Gasteiger charge is 2.54. The van der Waals surface area contributed by atoms with Crippen molar-refractivity contribution >= 4 is 0 Å². The molecule has 0 heterocycles. The lowest BCUT2D eigenvalue weighted by Gasteiger charge is -2.15. The van der Waals surface area contributed by atoms with E-state index < -0.39 is 0 Å². The number of hydrogen-bond donors (Lipinski definition) is 0. The molecule has 0 aromatic heterocycles. The fourth-order valence-electron chi connectivity index (χ4n) is 2.67. The normalized spacial score (nSPS) is 28.0. The van der Waals surface area contributed by atoms with Crippen LogP contribution in [0.1, 0.15) is 50.5 Å². The second kappa shape index (κ2) is 5.01. The number of ether oxygens (including phenoxy) is 1. The highest BCUT2D eigenvalue weighted by molar-refractivity contribution is 5.31. The molecule has 0 bridgehead atoms. The van der Waals surface area contributed by atoms with Crippen LogP contribution in [0.2, 0.25) is 0 Å². The minimum atomic E-state index is 0.163. The fraction of sp³-hybridized carbons (Fsp3) is 0.600. The van der Waals surface area contributed by atoms with E-state index in [1.807, 2.05) is 7.11 Å². The summed E-state index contributed by atoms with van der Waals surface area (Å²) in [6.45, 7) is 2.25. The first kappa shape index (κ1) is 11.7. The van der Waals surface area contributed by atoms with Gasteiger partial charge in [-0.15, -0.1) is 0 Å². The van der Waals surface area contributed by atoms with Gasteiger partial charge in [0.25, 0.3) is 0 Å². The molecule has 1 aliphatic carbocycles. The third kappa shape index (κ3) is 2.30. The zero-order chi connectivity index (χ0) is 11.4. The van der Waals surface area contributed by atoms with Gasteiger partial charge in [-0.2, -0.15) is 0 Å². The number of benzene rings is 1. The summed E-state index contributed by atoms with van der Waals surface area (Å²) in [5.41, 5.74) is 1.61. The van der Waals surface area contributed by atoms with Crippen molar-refractivity contribution < 1.29 is 4.74 Å². The summed E-state index contributed by atoms with van der Waals surface area (Å²) in [6.07, 6.45) is 6.34. The molecule has 1 aromatic carbocycles. The summed E-state index contributed by atoms with van der Waals surface area (Å²) in [4.78, 5) is 0. The molecule has 0 spiro atoms. The average Bonchev–Trinajstić information content (AvgIpc) is 3.06. The molecular formula is C15H22O. The van der Waals surface area contributed by atoms with Gasteiger partial charge in [-0.25, -0.2) is 0 Å². The quantitative estimate of drug-likeness (QED) is 0.652. The van der Waals surface area contributed by atoms with Crippen molar-refractivity contribution in [2.45, 2.75) is 50.5 Å². The van der Waals surface area contributed by atoms with E-state index in [-0.39, 0.29) is 5.60 Å². The predicted octanol–water partition coefficient (Wildman–Crippen LogP) is 4.14. The minimum absolute atomic E-state index is 0.163. The number of rotatable bonds is 6. The highest BCUT2D eigenvalue weighted by Crippen LogP contribution is 2.56. The molecule has 16 heavy (non-hydrogen) atoms. The minimum Gasteiger partial charge on any atom is -0.378 e. The Morgan fingerprint density at radius 3 is 2.62 bits per heavy atom. The van der Waals surface area contributed by atoms with Crippen molar-refractivity contribution in [1.29, 1.82) is 0 Å². The third-order valence-corrected chi connectivity index (χ3v) is 3.84. The standard InChI is InChI=1S/C15H22O/c1-3-4-8-11-15(16-2)12-14(15)13-9-6-5-7-10-13/h5-7,9-10,14H,3-4,8,11-12H2,1-2H3/t14-,15+/m1/s1. The summed E-state index contributed by atoms with van der Waals surface area (Å²) in [6, 6.07) is 10.8. The summed E-state index contributed by atoms with van der Waals surface area (Å²) in [5.74, 6) is 0.635. The molecule has 0 radical (unpaired) electrons. The maximum atomic E-state index is 5.76. The van der Waals surface area contributed by atoms with Crippen molar-refractivity contribution in [2.75, 3.05) is 7.11 Å².